The molecular weight excluding hydrogens is 309 g/mol. The minimum Gasteiger partial charge on any atom is -0.490 e. The zero-order valence-electron chi connectivity index (χ0n) is 14.0. The van der Waals surface area contributed by atoms with Crippen LogP contribution in [0.3, 0.4) is 0 Å². The zero-order valence-corrected chi connectivity index (χ0v) is 14.0. The van der Waals surface area contributed by atoms with Gasteiger partial charge in [0.15, 0.2) is 11.5 Å². The number of halogens is 1. The van der Waals surface area contributed by atoms with Crippen molar-refractivity contribution in [1.29, 1.82) is 0 Å². The molecule has 0 bridgehead atoms. The fourth-order valence-electron chi connectivity index (χ4n) is 2.04. The second-order valence-electron chi connectivity index (χ2n) is 5.32. The molecule has 2 rings (SSSR count). The zero-order chi connectivity index (χ0) is 17.4. The first-order chi connectivity index (χ1) is 11.6. The Labute approximate surface area is 141 Å². The maximum atomic E-state index is 12.9. The van der Waals surface area contributed by atoms with Gasteiger partial charge in [0, 0.05) is 11.3 Å². The van der Waals surface area contributed by atoms with Crippen molar-refractivity contribution in [2.24, 2.45) is 0 Å². The van der Waals surface area contributed by atoms with Gasteiger partial charge in [-0.2, -0.15) is 0 Å². The van der Waals surface area contributed by atoms with Crippen LogP contribution in [-0.4, -0.2) is 19.1 Å². The Morgan fingerprint density at radius 3 is 2.21 bits per heavy atom. The molecule has 0 saturated heterocycles. The number of anilines is 1. The van der Waals surface area contributed by atoms with Gasteiger partial charge in [0.25, 0.3) is 5.91 Å². The number of nitrogens with one attached hydrogen (secondary N) is 1. The Kier molecular flexibility index (Phi) is 6.61. The number of ether oxygens (including phenoxy) is 2. The molecule has 0 unspecified atom stereocenters. The highest BCUT2D eigenvalue weighted by molar-refractivity contribution is 6.04. The lowest BCUT2D eigenvalue weighted by molar-refractivity contribution is 0.102. The lowest BCUT2D eigenvalue weighted by Crippen LogP contribution is -2.12. The summed E-state index contributed by atoms with van der Waals surface area (Å²) >= 11 is 0. The molecule has 0 aromatic heterocycles. The molecule has 0 aliphatic rings. The van der Waals surface area contributed by atoms with Crippen LogP contribution in [0, 0.1) is 5.82 Å². The summed E-state index contributed by atoms with van der Waals surface area (Å²) in [6, 6.07) is 10.7. The fourth-order valence-corrected chi connectivity index (χ4v) is 2.04. The van der Waals surface area contributed by atoms with Gasteiger partial charge in [-0.3, -0.25) is 4.79 Å². The smallest absolute Gasteiger partial charge is 0.255 e. The second-order valence-corrected chi connectivity index (χ2v) is 5.32. The Balaban J connectivity index is 2.15. The summed E-state index contributed by atoms with van der Waals surface area (Å²) in [6.45, 7) is 5.17. The van der Waals surface area contributed by atoms with Crippen LogP contribution in [0.15, 0.2) is 42.5 Å². The SMILES string of the molecule is CCCOc1ccc(C(=O)Nc2ccc(F)cc2)cc1OCCC. The Morgan fingerprint density at radius 2 is 1.58 bits per heavy atom. The molecule has 0 aliphatic heterocycles. The van der Waals surface area contributed by atoms with Gasteiger partial charge >= 0.3 is 0 Å². The molecule has 0 spiro atoms. The van der Waals surface area contributed by atoms with Crippen molar-refractivity contribution in [1.82, 2.24) is 0 Å². The monoisotopic (exact) mass is 331 g/mol. The summed E-state index contributed by atoms with van der Waals surface area (Å²) in [6.07, 6.45) is 1.75. The quantitative estimate of drug-likeness (QED) is 0.765. The number of hydrogen-bond donors (Lipinski definition) is 1. The molecule has 1 N–H and O–H groups in total. The van der Waals surface area contributed by atoms with Gasteiger partial charge in [-0.15, -0.1) is 0 Å². The number of carbonyl (C=O) groups is 1. The normalized spacial score (nSPS) is 10.3. The number of benzene rings is 2. The van der Waals surface area contributed by atoms with Gasteiger partial charge in [-0.25, -0.2) is 4.39 Å². The van der Waals surface area contributed by atoms with E-state index >= 15 is 0 Å². The first kappa shape index (κ1) is 17.8. The van der Waals surface area contributed by atoms with Crippen molar-refractivity contribution in [2.45, 2.75) is 26.7 Å². The Hall–Kier alpha value is -2.56. The standard InChI is InChI=1S/C19H22FNO3/c1-3-11-23-17-10-5-14(13-18(17)24-12-4-2)19(22)21-16-8-6-15(20)7-9-16/h5-10,13H,3-4,11-12H2,1-2H3,(H,21,22). The van der Waals surface area contributed by atoms with Gasteiger partial charge in [0.05, 0.1) is 13.2 Å². The average Bonchev–Trinajstić information content (AvgIpc) is 2.60. The number of hydrogen-bond acceptors (Lipinski definition) is 3. The third-order valence-corrected chi connectivity index (χ3v) is 3.23. The fraction of sp³-hybridized carbons (Fsp3) is 0.316. The lowest BCUT2D eigenvalue weighted by atomic mass is 10.1. The molecule has 2 aromatic carbocycles. The van der Waals surface area contributed by atoms with Crippen LogP contribution in [0.4, 0.5) is 10.1 Å². The van der Waals surface area contributed by atoms with Gasteiger partial charge in [-0.1, -0.05) is 13.8 Å². The molecule has 24 heavy (non-hydrogen) atoms. The second kappa shape index (κ2) is 8.91. The third-order valence-electron chi connectivity index (χ3n) is 3.23. The molecule has 1 amide bonds. The maximum Gasteiger partial charge on any atom is 0.255 e. The van der Waals surface area contributed by atoms with E-state index < -0.39 is 0 Å². The van der Waals surface area contributed by atoms with Crippen LogP contribution < -0.4 is 14.8 Å². The van der Waals surface area contributed by atoms with E-state index in [0.29, 0.717) is 36.0 Å². The Bertz CT molecular complexity index is 671. The molecule has 5 heteroatoms. The minimum absolute atomic E-state index is 0.287. The van der Waals surface area contributed by atoms with E-state index in [1.165, 1.54) is 24.3 Å². The van der Waals surface area contributed by atoms with E-state index in [2.05, 4.69) is 5.32 Å². The summed E-state index contributed by atoms with van der Waals surface area (Å²) in [7, 11) is 0. The van der Waals surface area contributed by atoms with Crippen LogP contribution in [0.1, 0.15) is 37.0 Å². The Morgan fingerprint density at radius 1 is 0.958 bits per heavy atom. The molecule has 0 saturated carbocycles. The minimum atomic E-state index is -0.347. The third kappa shape index (κ3) is 4.98. The maximum absolute atomic E-state index is 12.9. The van der Waals surface area contributed by atoms with Crippen molar-refractivity contribution >= 4 is 11.6 Å². The van der Waals surface area contributed by atoms with Crippen LogP contribution >= 0.6 is 0 Å². The summed E-state index contributed by atoms with van der Waals surface area (Å²) < 4.78 is 24.3. The molecule has 128 valence electrons. The molecule has 2 aromatic rings. The first-order valence-corrected chi connectivity index (χ1v) is 8.10. The predicted molar refractivity (Wildman–Crippen MR) is 92.4 cm³/mol. The van der Waals surface area contributed by atoms with Gasteiger partial charge < -0.3 is 14.8 Å². The summed E-state index contributed by atoms with van der Waals surface area (Å²) in [5, 5.41) is 2.73. The van der Waals surface area contributed by atoms with Gasteiger partial charge in [0.1, 0.15) is 5.82 Å². The van der Waals surface area contributed by atoms with E-state index in [9.17, 15) is 9.18 Å². The topological polar surface area (TPSA) is 47.6 Å². The van der Waals surface area contributed by atoms with E-state index in [4.69, 9.17) is 9.47 Å². The molecule has 0 radical (unpaired) electrons. The van der Waals surface area contributed by atoms with Crippen molar-refractivity contribution in [3.63, 3.8) is 0 Å². The molecule has 0 atom stereocenters. The van der Waals surface area contributed by atoms with Gasteiger partial charge in [0.2, 0.25) is 0 Å². The molecule has 0 heterocycles. The largest absolute Gasteiger partial charge is 0.490 e. The first-order valence-electron chi connectivity index (χ1n) is 8.10. The van der Waals surface area contributed by atoms with Crippen molar-refractivity contribution in [3.8, 4) is 11.5 Å². The molecule has 4 nitrogen and oxygen atoms in total. The number of rotatable bonds is 8. The van der Waals surface area contributed by atoms with Crippen LogP contribution in [0.25, 0.3) is 0 Å². The van der Waals surface area contributed by atoms with Crippen molar-refractivity contribution in [2.75, 3.05) is 18.5 Å². The van der Waals surface area contributed by atoms with Crippen molar-refractivity contribution in [3.05, 3.63) is 53.8 Å². The van der Waals surface area contributed by atoms with Crippen LogP contribution in [0.2, 0.25) is 0 Å². The summed E-state index contributed by atoms with van der Waals surface area (Å²) in [4.78, 5) is 12.3. The highest BCUT2D eigenvalue weighted by atomic mass is 19.1. The lowest BCUT2D eigenvalue weighted by Gasteiger charge is -2.13. The van der Waals surface area contributed by atoms with Crippen molar-refractivity contribution < 1.29 is 18.7 Å². The van der Waals surface area contributed by atoms with Crippen LogP contribution in [0.5, 0.6) is 11.5 Å². The van der Waals surface area contributed by atoms with Gasteiger partial charge in [-0.05, 0) is 55.3 Å². The van der Waals surface area contributed by atoms with Crippen LogP contribution in [-0.2, 0) is 0 Å². The van der Waals surface area contributed by atoms with E-state index in [1.807, 2.05) is 13.8 Å². The molecule has 0 fully saturated rings. The predicted octanol–water partition coefficient (Wildman–Crippen LogP) is 4.66. The number of amides is 1. The average molecular weight is 331 g/mol. The molecule has 0 aliphatic carbocycles. The summed E-state index contributed by atoms with van der Waals surface area (Å²) in [5.74, 6) is 0.548. The number of carbonyl (C=O) groups excluding carboxylic acids is 1. The highest BCUT2D eigenvalue weighted by Crippen LogP contribution is 2.29. The summed E-state index contributed by atoms with van der Waals surface area (Å²) in [5.41, 5.74) is 0.984. The molecular formula is C19H22FNO3. The van der Waals surface area contributed by atoms with E-state index in [1.54, 1.807) is 18.2 Å². The highest BCUT2D eigenvalue weighted by Gasteiger charge is 2.12. The van der Waals surface area contributed by atoms with E-state index in [0.717, 1.165) is 12.8 Å². The van der Waals surface area contributed by atoms with E-state index in [-0.39, 0.29) is 11.7 Å².